The van der Waals surface area contributed by atoms with Gasteiger partial charge in [-0.1, -0.05) is 6.07 Å². The largest absolute Gasteiger partial charge is 0.493 e. The summed E-state index contributed by atoms with van der Waals surface area (Å²) in [4.78, 5) is 4.32. The summed E-state index contributed by atoms with van der Waals surface area (Å²) in [6.45, 7) is 6.76. The maximum Gasteiger partial charge on any atom is 0.180 e. The van der Waals surface area contributed by atoms with Gasteiger partial charge in [0.2, 0.25) is 0 Å². The lowest BCUT2D eigenvalue weighted by molar-refractivity contribution is 0.339. The maximum absolute atomic E-state index is 5.71. The van der Waals surface area contributed by atoms with Crippen molar-refractivity contribution in [2.75, 3.05) is 12.3 Å². The van der Waals surface area contributed by atoms with E-state index in [4.69, 9.17) is 10.5 Å². The summed E-state index contributed by atoms with van der Waals surface area (Å²) in [6.07, 6.45) is 0. The van der Waals surface area contributed by atoms with Gasteiger partial charge in [-0.15, -0.1) is 11.3 Å². The summed E-state index contributed by atoms with van der Waals surface area (Å²) in [7, 11) is 0. The number of rotatable bonds is 3. The highest BCUT2D eigenvalue weighted by Crippen LogP contribution is 2.35. The summed E-state index contributed by atoms with van der Waals surface area (Å²) in [5, 5.41) is 2.55. The van der Waals surface area contributed by atoms with E-state index >= 15 is 0 Å². The summed E-state index contributed by atoms with van der Waals surface area (Å²) in [5.74, 6) is 0.906. The number of thiazole rings is 1. The fourth-order valence-electron chi connectivity index (χ4n) is 1.89. The van der Waals surface area contributed by atoms with E-state index in [1.54, 1.807) is 0 Å². The molecule has 0 saturated heterocycles. The smallest absolute Gasteiger partial charge is 0.180 e. The molecule has 2 rings (SSSR count). The molecule has 2 N–H and O–H groups in total. The van der Waals surface area contributed by atoms with Crippen molar-refractivity contribution < 1.29 is 4.74 Å². The van der Waals surface area contributed by atoms with E-state index in [-0.39, 0.29) is 0 Å². The lowest BCUT2D eigenvalue weighted by Crippen LogP contribution is -1.98. The molecule has 0 unspecified atom stereocenters. The average Bonchev–Trinajstić information content (AvgIpc) is 2.68. The van der Waals surface area contributed by atoms with Crippen molar-refractivity contribution in [2.45, 2.75) is 20.8 Å². The Morgan fingerprint density at radius 2 is 2.12 bits per heavy atom. The minimum Gasteiger partial charge on any atom is -0.493 e. The van der Waals surface area contributed by atoms with Crippen LogP contribution in [0, 0.1) is 13.8 Å². The van der Waals surface area contributed by atoms with Gasteiger partial charge in [-0.25, -0.2) is 4.98 Å². The third-order valence-electron chi connectivity index (χ3n) is 2.51. The van der Waals surface area contributed by atoms with E-state index in [0.717, 1.165) is 22.6 Å². The van der Waals surface area contributed by atoms with Crippen LogP contribution in [0.1, 0.15) is 18.1 Å². The van der Waals surface area contributed by atoms with Crippen LogP contribution in [0.15, 0.2) is 17.5 Å². The normalized spacial score (nSPS) is 10.5. The molecule has 0 aliphatic carbocycles. The van der Waals surface area contributed by atoms with Crippen molar-refractivity contribution in [3.05, 3.63) is 28.6 Å². The molecule has 2 aromatic rings. The Balaban J connectivity index is 2.58. The lowest BCUT2D eigenvalue weighted by Gasteiger charge is -2.12. The van der Waals surface area contributed by atoms with Crippen molar-refractivity contribution in [3.8, 4) is 17.0 Å². The third-order valence-corrected chi connectivity index (χ3v) is 3.18. The van der Waals surface area contributed by atoms with Crippen LogP contribution in [0.3, 0.4) is 0 Å². The molecule has 0 fully saturated rings. The molecule has 0 aliphatic rings. The number of aromatic nitrogens is 1. The Labute approximate surface area is 105 Å². The summed E-state index contributed by atoms with van der Waals surface area (Å²) in [5.41, 5.74) is 9.93. The van der Waals surface area contributed by atoms with Gasteiger partial charge in [-0.05, 0) is 38.0 Å². The quantitative estimate of drug-likeness (QED) is 0.905. The van der Waals surface area contributed by atoms with Crippen LogP contribution in [0.25, 0.3) is 11.3 Å². The molecular formula is C13H16N2OS. The number of hydrogen-bond donors (Lipinski definition) is 1. The number of anilines is 1. The van der Waals surface area contributed by atoms with E-state index < -0.39 is 0 Å². The second-order valence-corrected chi connectivity index (χ2v) is 4.85. The molecule has 0 spiro atoms. The van der Waals surface area contributed by atoms with Crippen molar-refractivity contribution in [3.63, 3.8) is 0 Å². The number of nitrogens with two attached hydrogens (primary N) is 1. The minimum atomic E-state index is 0.585. The minimum absolute atomic E-state index is 0.585. The molecule has 1 aromatic heterocycles. The number of nitrogens with zero attached hydrogens (tertiary/aromatic N) is 1. The van der Waals surface area contributed by atoms with Crippen molar-refractivity contribution in [1.82, 2.24) is 4.98 Å². The number of benzene rings is 1. The summed E-state index contributed by atoms with van der Waals surface area (Å²) >= 11 is 1.45. The Morgan fingerprint density at radius 3 is 2.71 bits per heavy atom. The van der Waals surface area contributed by atoms with Gasteiger partial charge < -0.3 is 10.5 Å². The molecule has 90 valence electrons. The molecule has 0 atom stereocenters. The average molecular weight is 248 g/mol. The van der Waals surface area contributed by atoms with E-state index in [1.165, 1.54) is 16.9 Å². The lowest BCUT2D eigenvalue weighted by atomic mass is 10.0. The molecule has 0 aliphatic heterocycles. The molecule has 0 radical (unpaired) electrons. The zero-order valence-electron chi connectivity index (χ0n) is 10.3. The highest BCUT2D eigenvalue weighted by atomic mass is 32.1. The number of nitrogen functional groups attached to an aromatic ring is 1. The van der Waals surface area contributed by atoms with E-state index in [9.17, 15) is 0 Å². The summed E-state index contributed by atoms with van der Waals surface area (Å²) in [6, 6.07) is 4.21. The first-order chi connectivity index (χ1) is 8.11. The van der Waals surface area contributed by atoms with Gasteiger partial charge in [0.05, 0.1) is 12.3 Å². The van der Waals surface area contributed by atoms with E-state index in [0.29, 0.717) is 11.7 Å². The molecule has 4 heteroatoms. The van der Waals surface area contributed by atoms with Gasteiger partial charge in [0.25, 0.3) is 0 Å². The van der Waals surface area contributed by atoms with Gasteiger partial charge in [-0.2, -0.15) is 0 Å². The molecule has 1 aromatic carbocycles. The van der Waals surface area contributed by atoms with Crippen LogP contribution < -0.4 is 10.5 Å². The molecule has 17 heavy (non-hydrogen) atoms. The Morgan fingerprint density at radius 1 is 1.35 bits per heavy atom. The van der Waals surface area contributed by atoms with Crippen LogP contribution in [0.2, 0.25) is 0 Å². The van der Waals surface area contributed by atoms with Gasteiger partial charge in [0.1, 0.15) is 5.75 Å². The van der Waals surface area contributed by atoms with E-state index in [1.807, 2.05) is 12.3 Å². The van der Waals surface area contributed by atoms with Crippen LogP contribution in [0.4, 0.5) is 5.13 Å². The zero-order chi connectivity index (χ0) is 12.4. The third kappa shape index (κ3) is 2.42. The Hall–Kier alpha value is -1.55. The van der Waals surface area contributed by atoms with Crippen LogP contribution in [-0.4, -0.2) is 11.6 Å². The first kappa shape index (κ1) is 11.9. The number of hydrogen-bond acceptors (Lipinski definition) is 4. The topological polar surface area (TPSA) is 48.1 Å². The van der Waals surface area contributed by atoms with Gasteiger partial charge >= 0.3 is 0 Å². The standard InChI is InChI=1S/C13H16N2OS/c1-4-16-12-9(3)5-8(2)6-10(12)11-7-17-13(14)15-11/h5-7H,4H2,1-3H3,(H2,14,15). The molecule has 1 heterocycles. The fraction of sp³-hybridized carbons (Fsp3) is 0.308. The van der Waals surface area contributed by atoms with Crippen molar-refractivity contribution in [2.24, 2.45) is 0 Å². The van der Waals surface area contributed by atoms with Crippen LogP contribution in [0.5, 0.6) is 5.75 Å². The molecule has 3 nitrogen and oxygen atoms in total. The molecule has 0 saturated carbocycles. The van der Waals surface area contributed by atoms with Crippen LogP contribution >= 0.6 is 11.3 Å². The van der Waals surface area contributed by atoms with Gasteiger partial charge in [-0.3, -0.25) is 0 Å². The first-order valence-electron chi connectivity index (χ1n) is 5.57. The van der Waals surface area contributed by atoms with Crippen molar-refractivity contribution >= 4 is 16.5 Å². The maximum atomic E-state index is 5.71. The first-order valence-corrected chi connectivity index (χ1v) is 6.45. The van der Waals surface area contributed by atoms with Crippen LogP contribution in [-0.2, 0) is 0 Å². The molecule has 0 bridgehead atoms. The highest BCUT2D eigenvalue weighted by Gasteiger charge is 2.12. The number of aryl methyl sites for hydroxylation is 2. The fourth-order valence-corrected chi connectivity index (χ4v) is 2.45. The second-order valence-electron chi connectivity index (χ2n) is 3.96. The van der Waals surface area contributed by atoms with Gasteiger partial charge in [0, 0.05) is 10.9 Å². The molecule has 0 amide bonds. The predicted octanol–water partition coefficient (Wildman–Crippen LogP) is 3.41. The summed E-state index contributed by atoms with van der Waals surface area (Å²) < 4.78 is 5.71. The van der Waals surface area contributed by atoms with Gasteiger partial charge in [0.15, 0.2) is 5.13 Å². The monoisotopic (exact) mass is 248 g/mol. The predicted molar refractivity (Wildman–Crippen MR) is 72.6 cm³/mol. The molecular weight excluding hydrogens is 232 g/mol. The Kier molecular flexibility index (Phi) is 3.33. The SMILES string of the molecule is CCOc1c(C)cc(C)cc1-c1csc(N)n1. The zero-order valence-corrected chi connectivity index (χ0v) is 11.1. The second kappa shape index (κ2) is 4.75. The number of ether oxygens (including phenoxy) is 1. The van der Waals surface area contributed by atoms with E-state index in [2.05, 4.69) is 31.0 Å². The van der Waals surface area contributed by atoms with Crippen molar-refractivity contribution in [1.29, 1.82) is 0 Å². The Bertz CT molecular complexity index is 534. The highest BCUT2D eigenvalue weighted by molar-refractivity contribution is 7.13.